The summed E-state index contributed by atoms with van der Waals surface area (Å²) in [4.78, 5) is 35.2. The quantitative estimate of drug-likeness (QED) is 0.0219. The highest BCUT2D eigenvalue weighted by Crippen LogP contribution is 2.43. The van der Waals surface area contributed by atoms with Crippen molar-refractivity contribution in [2.75, 3.05) is 47.5 Å². The number of hydrogen-bond donors (Lipinski definition) is 1. The van der Waals surface area contributed by atoms with Crippen molar-refractivity contribution in [3.8, 4) is 0 Å². The molecule has 0 spiro atoms. The monoisotopic (exact) mass is 747 g/mol. The van der Waals surface area contributed by atoms with Crippen molar-refractivity contribution in [2.24, 2.45) is 0 Å². The number of ether oxygens (including phenoxy) is 2. The first-order valence-corrected chi connectivity index (χ1v) is 22.4. The zero-order valence-electron chi connectivity index (χ0n) is 33.9. The average Bonchev–Trinajstić information content (AvgIpc) is 3.07. The van der Waals surface area contributed by atoms with Crippen molar-refractivity contribution < 1.29 is 42.1 Å². The maximum Gasteiger partial charge on any atom is 0.472 e. The smallest absolute Gasteiger partial charge is 0.462 e. The van der Waals surface area contributed by atoms with Crippen LogP contribution >= 0.6 is 7.82 Å². The molecule has 0 aliphatic rings. The highest BCUT2D eigenvalue weighted by Gasteiger charge is 2.27. The summed E-state index contributed by atoms with van der Waals surface area (Å²) in [6.07, 6.45) is 33.9. The molecule has 0 saturated heterocycles. The van der Waals surface area contributed by atoms with Crippen LogP contribution in [0.4, 0.5) is 0 Å². The number of quaternary nitrogens is 1. The molecule has 0 aliphatic heterocycles. The highest BCUT2D eigenvalue weighted by atomic mass is 31.2. The fourth-order valence-corrected chi connectivity index (χ4v) is 6.46. The number of hydrogen-bond acceptors (Lipinski definition) is 7. The Hall–Kier alpha value is -1.25. The Labute approximate surface area is 314 Å². The molecule has 9 nitrogen and oxygen atoms in total. The van der Waals surface area contributed by atoms with Gasteiger partial charge in [0.05, 0.1) is 27.7 Å². The lowest BCUT2D eigenvalue weighted by Gasteiger charge is -2.24. The normalized spacial score (nSPS) is 13.8. The van der Waals surface area contributed by atoms with Gasteiger partial charge in [0.15, 0.2) is 6.10 Å². The van der Waals surface area contributed by atoms with Crippen LogP contribution in [0.3, 0.4) is 0 Å². The van der Waals surface area contributed by atoms with E-state index in [0.29, 0.717) is 17.4 Å². The van der Waals surface area contributed by atoms with E-state index in [-0.39, 0.29) is 32.0 Å². The molecule has 51 heavy (non-hydrogen) atoms. The van der Waals surface area contributed by atoms with Crippen LogP contribution in [0, 0.1) is 0 Å². The first kappa shape index (κ1) is 49.8. The number of carbonyl (C=O) groups excluding carboxylic acids is 2. The van der Waals surface area contributed by atoms with E-state index in [1.54, 1.807) is 0 Å². The Kier molecular flexibility index (Phi) is 33.7. The van der Waals surface area contributed by atoms with Crippen LogP contribution in [0.5, 0.6) is 0 Å². The number of phosphoric acid groups is 1. The zero-order valence-corrected chi connectivity index (χ0v) is 34.7. The van der Waals surface area contributed by atoms with Gasteiger partial charge < -0.3 is 18.9 Å². The van der Waals surface area contributed by atoms with Crippen molar-refractivity contribution in [3.63, 3.8) is 0 Å². The van der Waals surface area contributed by atoms with Gasteiger partial charge in [-0.2, -0.15) is 0 Å². The summed E-state index contributed by atoms with van der Waals surface area (Å²) >= 11 is 0. The highest BCUT2D eigenvalue weighted by molar-refractivity contribution is 7.47. The summed E-state index contributed by atoms with van der Waals surface area (Å²) < 4.78 is 34.2. The minimum atomic E-state index is -4.37. The number of allylic oxidation sites excluding steroid dienone is 2. The summed E-state index contributed by atoms with van der Waals surface area (Å²) in [6, 6.07) is 0. The molecule has 0 heterocycles. The first-order valence-electron chi connectivity index (χ1n) is 20.9. The summed E-state index contributed by atoms with van der Waals surface area (Å²) in [5.41, 5.74) is 0. The fraction of sp³-hybridized carbons (Fsp3) is 0.902. The maximum atomic E-state index is 12.6. The molecular weight excluding hydrogens is 665 g/mol. The molecule has 10 heteroatoms. The molecule has 0 bridgehead atoms. The van der Waals surface area contributed by atoms with Gasteiger partial charge in [0, 0.05) is 12.8 Å². The number of likely N-dealkylation sites (N-methyl/N-ethyl adjacent to an activating group) is 1. The standard InChI is InChI=1S/C41H80NO8P/c1-6-8-10-12-14-16-18-20-22-24-26-28-30-32-34-41(44)50-39(38-49-51(45,46)48-36-35-42(3,4)5)37-47-40(43)33-31-29-27-25-23-21-19-17-15-13-11-9-7-2/h17,19,39H,6-16,18,20-38H2,1-5H3/p+1/b19-17-/t39-/m1/s1. The third kappa shape index (κ3) is 38.3. The Morgan fingerprint density at radius 3 is 1.47 bits per heavy atom. The SMILES string of the molecule is CCCCCC/C=C\CCCCCCCC(=O)OC[C@H](COP(=O)(O)OCC[N+](C)(C)C)OC(=O)CCCCCCCCCCCCCCCC. The Balaban J connectivity index is 4.38. The van der Waals surface area contributed by atoms with Crippen molar-refractivity contribution in [1.29, 1.82) is 0 Å². The summed E-state index contributed by atoms with van der Waals surface area (Å²) in [5, 5.41) is 0. The lowest BCUT2D eigenvalue weighted by molar-refractivity contribution is -0.870. The van der Waals surface area contributed by atoms with Crippen molar-refractivity contribution >= 4 is 19.8 Å². The number of unbranched alkanes of at least 4 members (excludes halogenated alkanes) is 22. The van der Waals surface area contributed by atoms with Gasteiger partial charge in [0.2, 0.25) is 0 Å². The third-order valence-corrected chi connectivity index (χ3v) is 10.0. The van der Waals surface area contributed by atoms with Crippen molar-refractivity contribution in [2.45, 2.75) is 193 Å². The predicted octanol–water partition coefficient (Wildman–Crippen LogP) is 11.4. The maximum absolute atomic E-state index is 12.6. The molecule has 0 amide bonds. The number of esters is 2. The Morgan fingerprint density at radius 1 is 0.588 bits per heavy atom. The van der Waals surface area contributed by atoms with Gasteiger partial charge in [-0.1, -0.05) is 148 Å². The predicted molar refractivity (Wildman–Crippen MR) is 211 cm³/mol. The van der Waals surface area contributed by atoms with Gasteiger partial charge in [-0.3, -0.25) is 18.6 Å². The van der Waals surface area contributed by atoms with E-state index in [2.05, 4.69) is 26.0 Å². The summed E-state index contributed by atoms with van der Waals surface area (Å²) in [7, 11) is 1.48. The van der Waals surface area contributed by atoms with Crippen LogP contribution in [-0.2, 0) is 32.7 Å². The molecule has 0 aromatic carbocycles. The van der Waals surface area contributed by atoms with E-state index in [4.69, 9.17) is 18.5 Å². The van der Waals surface area contributed by atoms with Crippen LogP contribution in [0.15, 0.2) is 12.2 Å². The van der Waals surface area contributed by atoms with E-state index in [1.165, 1.54) is 103 Å². The summed E-state index contributed by atoms with van der Waals surface area (Å²) in [5.74, 6) is -0.802. The molecule has 1 unspecified atom stereocenters. The van der Waals surface area contributed by atoms with Crippen LogP contribution in [0.25, 0.3) is 0 Å². The van der Waals surface area contributed by atoms with Gasteiger partial charge in [-0.25, -0.2) is 4.57 Å². The van der Waals surface area contributed by atoms with Crippen LogP contribution < -0.4 is 0 Å². The molecule has 2 atom stereocenters. The van der Waals surface area contributed by atoms with E-state index >= 15 is 0 Å². The van der Waals surface area contributed by atoms with Crippen LogP contribution in [0.2, 0.25) is 0 Å². The molecule has 0 fully saturated rings. The topological polar surface area (TPSA) is 108 Å². The van der Waals surface area contributed by atoms with Gasteiger partial charge in [-0.05, 0) is 38.5 Å². The lowest BCUT2D eigenvalue weighted by Crippen LogP contribution is -2.37. The molecule has 302 valence electrons. The van der Waals surface area contributed by atoms with Gasteiger partial charge in [0.25, 0.3) is 0 Å². The van der Waals surface area contributed by atoms with E-state index < -0.39 is 26.5 Å². The van der Waals surface area contributed by atoms with Gasteiger partial charge >= 0.3 is 19.8 Å². The summed E-state index contributed by atoms with van der Waals surface area (Å²) in [6.45, 7) is 4.41. The second kappa shape index (κ2) is 34.5. The van der Waals surface area contributed by atoms with Crippen LogP contribution in [-0.4, -0.2) is 74.9 Å². The fourth-order valence-electron chi connectivity index (χ4n) is 5.71. The zero-order chi connectivity index (χ0) is 37.9. The second-order valence-corrected chi connectivity index (χ2v) is 16.8. The number of rotatable bonds is 38. The van der Waals surface area contributed by atoms with E-state index in [1.807, 2.05) is 21.1 Å². The van der Waals surface area contributed by atoms with E-state index in [0.717, 1.165) is 51.4 Å². The minimum absolute atomic E-state index is 0.0334. The second-order valence-electron chi connectivity index (χ2n) is 15.4. The molecule has 1 N–H and O–H groups in total. The molecular formula is C41H81NO8P+. The number of nitrogens with zero attached hydrogens (tertiary/aromatic N) is 1. The van der Waals surface area contributed by atoms with Crippen molar-refractivity contribution in [1.82, 2.24) is 0 Å². The van der Waals surface area contributed by atoms with Gasteiger partial charge in [0.1, 0.15) is 19.8 Å². The lowest BCUT2D eigenvalue weighted by atomic mass is 10.0. The molecule has 0 rings (SSSR count). The number of phosphoric ester groups is 1. The molecule has 0 aromatic heterocycles. The third-order valence-electron chi connectivity index (χ3n) is 9.05. The molecule has 0 saturated carbocycles. The Morgan fingerprint density at radius 2 is 1.00 bits per heavy atom. The minimum Gasteiger partial charge on any atom is -0.462 e. The largest absolute Gasteiger partial charge is 0.472 e. The Bertz CT molecular complexity index is 891. The number of carbonyl (C=O) groups is 2. The van der Waals surface area contributed by atoms with Crippen molar-refractivity contribution in [3.05, 3.63) is 12.2 Å². The van der Waals surface area contributed by atoms with E-state index in [9.17, 15) is 19.0 Å². The van der Waals surface area contributed by atoms with Crippen LogP contribution in [0.1, 0.15) is 187 Å². The molecule has 0 aromatic rings. The molecule has 0 radical (unpaired) electrons. The average molecular weight is 747 g/mol. The molecule has 0 aliphatic carbocycles. The first-order chi connectivity index (χ1) is 24.5. The van der Waals surface area contributed by atoms with Gasteiger partial charge in [-0.15, -0.1) is 0 Å².